The second-order valence-electron chi connectivity index (χ2n) is 2.95. The Morgan fingerprint density at radius 2 is 1.94 bits per heavy atom. The third-order valence-corrected chi connectivity index (χ3v) is 2.06. The Hall–Kier alpha value is -1.42. The molecule has 4 nitrogen and oxygen atoms in total. The average molecular weight is 245 g/mol. The molecular formula is C11H13ClO4. The Morgan fingerprint density at radius 1 is 1.31 bits per heavy atom. The van der Waals surface area contributed by atoms with Crippen molar-refractivity contribution in [1.29, 1.82) is 0 Å². The van der Waals surface area contributed by atoms with E-state index in [1.54, 1.807) is 19.9 Å². The van der Waals surface area contributed by atoms with Gasteiger partial charge in [0.1, 0.15) is 5.56 Å². The number of carboxylic acid groups (broad SMARTS) is 1. The van der Waals surface area contributed by atoms with Crippen LogP contribution in [0, 0.1) is 0 Å². The largest absolute Gasteiger partial charge is 0.490 e. The highest BCUT2D eigenvalue weighted by molar-refractivity contribution is 6.31. The van der Waals surface area contributed by atoms with E-state index in [0.29, 0.717) is 24.0 Å². The zero-order valence-electron chi connectivity index (χ0n) is 9.12. The van der Waals surface area contributed by atoms with Crippen LogP contribution in [0.15, 0.2) is 12.1 Å². The molecule has 1 rings (SSSR count). The highest BCUT2D eigenvalue weighted by Gasteiger charge is 2.18. The molecule has 1 aromatic rings. The van der Waals surface area contributed by atoms with Crippen molar-refractivity contribution in [3.05, 3.63) is 22.7 Å². The molecule has 0 saturated carbocycles. The highest BCUT2D eigenvalue weighted by Crippen LogP contribution is 2.35. The Morgan fingerprint density at radius 3 is 2.44 bits per heavy atom. The van der Waals surface area contributed by atoms with Crippen molar-refractivity contribution >= 4 is 17.6 Å². The molecule has 0 saturated heterocycles. The first-order valence-electron chi connectivity index (χ1n) is 4.92. The summed E-state index contributed by atoms with van der Waals surface area (Å²) in [5, 5.41) is 9.32. The van der Waals surface area contributed by atoms with Crippen LogP contribution >= 0.6 is 11.6 Å². The van der Waals surface area contributed by atoms with Crippen molar-refractivity contribution in [3.8, 4) is 11.5 Å². The monoisotopic (exact) mass is 244 g/mol. The van der Waals surface area contributed by atoms with Gasteiger partial charge in [-0.1, -0.05) is 11.6 Å². The molecule has 0 amide bonds. The molecule has 0 bridgehead atoms. The predicted octanol–water partition coefficient (Wildman–Crippen LogP) is 2.84. The summed E-state index contributed by atoms with van der Waals surface area (Å²) >= 11 is 5.80. The van der Waals surface area contributed by atoms with Crippen LogP contribution in [-0.4, -0.2) is 24.3 Å². The Kier molecular flexibility index (Phi) is 4.43. The van der Waals surface area contributed by atoms with Crippen molar-refractivity contribution in [2.24, 2.45) is 0 Å². The van der Waals surface area contributed by atoms with E-state index >= 15 is 0 Å². The maximum Gasteiger partial charge on any atom is 0.339 e. The second-order valence-corrected chi connectivity index (χ2v) is 3.39. The molecule has 0 radical (unpaired) electrons. The summed E-state index contributed by atoms with van der Waals surface area (Å²) in [5.41, 5.74) is 0.0119. The number of benzene rings is 1. The smallest absolute Gasteiger partial charge is 0.339 e. The van der Waals surface area contributed by atoms with E-state index in [1.807, 2.05) is 0 Å². The normalized spacial score (nSPS) is 9.94. The minimum atomic E-state index is -1.09. The van der Waals surface area contributed by atoms with E-state index in [9.17, 15) is 4.79 Å². The predicted molar refractivity (Wildman–Crippen MR) is 60.7 cm³/mol. The van der Waals surface area contributed by atoms with Gasteiger partial charge < -0.3 is 14.6 Å². The second kappa shape index (κ2) is 5.61. The van der Waals surface area contributed by atoms with Crippen LogP contribution in [0.3, 0.4) is 0 Å². The van der Waals surface area contributed by atoms with Gasteiger partial charge in [-0.25, -0.2) is 4.79 Å². The molecule has 0 aliphatic carbocycles. The van der Waals surface area contributed by atoms with E-state index in [-0.39, 0.29) is 11.3 Å². The van der Waals surface area contributed by atoms with Gasteiger partial charge in [-0.05, 0) is 19.9 Å². The fourth-order valence-corrected chi connectivity index (χ4v) is 1.49. The van der Waals surface area contributed by atoms with Gasteiger partial charge in [0.15, 0.2) is 11.5 Å². The van der Waals surface area contributed by atoms with Crippen LogP contribution in [0.5, 0.6) is 11.5 Å². The van der Waals surface area contributed by atoms with Crippen LogP contribution in [0.2, 0.25) is 5.02 Å². The van der Waals surface area contributed by atoms with Gasteiger partial charge in [0.2, 0.25) is 0 Å². The quantitative estimate of drug-likeness (QED) is 0.865. The number of rotatable bonds is 5. The summed E-state index contributed by atoms with van der Waals surface area (Å²) in [5.74, 6) is -0.512. The van der Waals surface area contributed by atoms with Crippen LogP contribution in [0.1, 0.15) is 24.2 Å². The average Bonchev–Trinajstić information content (AvgIpc) is 2.21. The van der Waals surface area contributed by atoms with Crippen LogP contribution in [0.25, 0.3) is 0 Å². The molecule has 0 aliphatic rings. The first kappa shape index (κ1) is 12.6. The molecule has 88 valence electrons. The number of halogens is 1. The lowest BCUT2D eigenvalue weighted by Gasteiger charge is -2.13. The SMILES string of the molecule is CCOc1cc(Cl)cc(C(=O)O)c1OCC. The lowest BCUT2D eigenvalue weighted by molar-refractivity contribution is 0.0691. The molecule has 0 aromatic heterocycles. The van der Waals surface area contributed by atoms with E-state index in [0.717, 1.165) is 0 Å². The van der Waals surface area contributed by atoms with Crippen molar-refractivity contribution in [2.75, 3.05) is 13.2 Å². The Bertz CT molecular complexity index is 390. The molecule has 0 spiro atoms. The number of hydrogen-bond donors (Lipinski definition) is 1. The highest BCUT2D eigenvalue weighted by atomic mass is 35.5. The van der Waals surface area contributed by atoms with E-state index in [2.05, 4.69) is 0 Å². The minimum absolute atomic E-state index is 0.0119. The maximum absolute atomic E-state index is 11.0. The lowest BCUT2D eigenvalue weighted by Crippen LogP contribution is -2.06. The molecule has 1 N–H and O–H groups in total. The summed E-state index contributed by atoms with van der Waals surface area (Å²) in [6, 6.07) is 2.89. The molecule has 16 heavy (non-hydrogen) atoms. The number of carboxylic acids is 1. The van der Waals surface area contributed by atoms with Gasteiger partial charge >= 0.3 is 5.97 Å². The maximum atomic E-state index is 11.0. The number of carbonyl (C=O) groups is 1. The van der Waals surface area contributed by atoms with Crippen LogP contribution in [0.4, 0.5) is 0 Å². The number of aromatic carboxylic acids is 1. The van der Waals surface area contributed by atoms with Gasteiger partial charge in [0.05, 0.1) is 13.2 Å². The van der Waals surface area contributed by atoms with Gasteiger partial charge in [0.25, 0.3) is 0 Å². The third-order valence-electron chi connectivity index (χ3n) is 1.84. The van der Waals surface area contributed by atoms with Gasteiger partial charge in [-0.3, -0.25) is 0 Å². The first-order chi connectivity index (χ1) is 7.60. The fraction of sp³-hybridized carbons (Fsp3) is 0.364. The Balaban J connectivity index is 3.28. The molecular weight excluding hydrogens is 232 g/mol. The van der Waals surface area contributed by atoms with E-state index in [1.165, 1.54) is 6.07 Å². The third kappa shape index (κ3) is 2.79. The van der Waals surface area contributed by atoms with Crippen molar-refractivity contribution < 1.29 is 19.4 Å². The van der Waals surface area contributed by atoms with Crippen LogP contribution in [-0.2, 0) is 0 Å². The Labute approximate surface area is 98.7 Å². The molecule has 0 aliphatic heterocycles. The number of hydrogen-bond acceptors (Lipinski definition) is 3. The molecule has 1 aromatic carbocycles. The number of ether oxygens (including phenoxy) is 2. The molecule has 0 heterocycles. The molecule has 0 unspecified atom stereocenters. The van der Waals surface area contributed by atoms with Crippen molar-refractivity contribution in [3.63, 3.8) is 0 Å². The van der Waals surface area contributed by atoms with Gasteiger partial charge in [-0.2, -0.15) is 0 Å². The van der Waals surface area contributed by atoms with Crippen LogP contribution < -0.4 is 9.47 Å². The first-order valence-corrected chi connectivity index (χ1v) is 5.30. The summed E-state index contributed by atoms with van der Waals surface area (Å²) < 4.78 is 10.6. The van der Waals surface area contributed by atoms with Crippen molar-refractivity contribution in [2.45, 2.75) is 13.8 Å². The van der Waals surface area contributed by atoms with E-state index < -0.39 is 5.97 Å². The molecule has 0 fully saturated rings. The minimum Gasteiger partial charge on any atom is -0.490 e. The summed E-state index contributed by atoms with van der Waals surface area (Å²) in [7, 11) is 0. The van der Waals surface area contributed by atoms with E-state index in [4.69, 9.17) is 26.2 Å². The summed E-state index contributed by atoms with van der Waals surface area (Å²) in [4.78, 5) is 11.0. The lowest BCUT2D eigenvalue weighted by atomic mass is 10.2. The van der Waals surface area contributed by atoms with Crippen molar-refractivity contribution in [1.82, 2.24) is 0 Å². The fourth-order valence-electron chi connectivity index (χ4n) is 1.28. The standard InChI is InChI=1S/C11H13ClO4/c1-3-15-9-6-7(12)5-8(11(13)14)10(9)16-4-2/h5-6H,3-4H2,1-2H3,(H,13,14). The van der Waals surface area contributed by atoms with Gasteiger partial charge in [-0.15, -0.1) is 0 Å². The molecule has 0 atom stereocenters. The zero-order valence-corrected chi connectivity index (χ0v) is 9.87. The van der Waals surface area contributed by atoms with Gasteiger partial charge in [0, 0.05) is 11.1 Å². The zero-order chi connectivity index (χ0) is 12.1. The topological polar surface area (TPSA) is 55.8 Å². The summed E-state index contributed by atoms with van der Waals surface area (Å²) in [6.45, 7) is 4.36. The molecule has 5 heteroatoms. The summed E-state index contributed by atoms with van der Waals surface area (Å²) in [6.07, 6.45) is 0.